The van der Waals surface area contributed by atoms with Crippen molar-refractivity contribution in [1.29, 1.82) is 0 Å². The van der Waals surface area contributed by atoms with Crippen LogP contribution in [0.1, 0.15) is 12.5 Å². The van der Waals surface area contributed by atoms with Crippen LogP contribution >= 0.6 is 19.3 Å². The molecule has 3 aromatic carbocycles. The molecule has 30 heavy (non-hydrogen) atoms. The van der Waals surface area contributed by atoms with Gasteiger partial charge in [0.15, 0.2) is 0 Å². The fourth-order valence-corrected chi connectivity index (χ4v) is 4.12. The van der Waals surface area contributed by atoms with Crippen LogP contribution in [0.4, 0.5) is 0 Å². The minimum atomic E-state index is -3.98. The third-order valence-corrected chi connectivity index (χ3v) is 5.80. The first kappa shape index (κ1) is 21.9. The van der Waals surface area contributed by atoms with Crippen molar-refractivity contribution in [2.45, 2.75) is 19.6 Å². The average Bonchev–Trinajstić information content (AvgIpc) is 2.75. The van der Waals surface area contributed by atoms with Crippen LogP contribution in [0.5, 0.6) is 11.5 Å². The van der Waals surface area contributed by atoms with Gasteiger partial charge in [-0.05, 0) is 48.9 Å². The van der Waals surface area contributed by atoms with Crippen molar-refractivity contribution in [2.24, 2.45) is 0 Å². The van der Waals surface area contributed by atoms with E-state index in [0.29, 0.717) is 10.8 Å². The summed E-state index contributed by atoms with van der Waals surface area (Å²) in [6, 6.07) is 23.2. The van der Waals surface area contributed by atoms with Gasteiger partial charge in [0.05, 0.1) is 0 Å². The number of nitrogens with one attached hydrogen (secondary N) is 1. The SMILES string of the molecule is C[C@H](NP(=O)(Oc1ccccc1)Oc1ccc(Cl)cc1)C(=O)OCc1ccccc1. The third-order valence-electron chi connectivity index (χ3n) is 3.94. The Morgan fingerprint density at radius 2 is 1.43 bits per heavy atom. The Labute approximate surface area is 180 Å². The first-order chi connectivity index (χ1) is 14.4. The van der Waals surface area contributed by atoms with E-state index < -0.39 is 19.8 Å². The summed E-state index contributed by atoms with van der Waals surface area (Å²) in [6.45, 7) is 1.63. The van der Waals surface area contributed by atoms with Gasteiger partial charge in [-0.15, -0.1) is 0 Å². The first-order valence-electron chi connectivity index (χ1n) is 9.22. The number of carbonyl (C=O) groups excluding carboxylic acids is 1. The number of halogens is 1. The van der Waals surface area contributed by atoms with E-state index in [0.717, 1.165) is 5.56 Å². The lowest BCUT2D eigenvalue weighted by atomic mass is 10.2. The number of hydrogen-bond donors (Lipinski definition) is 1. The van der Waals surface area contributed by atoms with E-state index in [2.05, 4.69) is 5.09 Å². The number of benzene rings is 3. The van der Waals surface area contributed by atoms with Crippen molar-refractivity contribution in [2.75, 3.05) is 0 Å². The van der Waals surface area contributed by atoms with E-state index in [4.69, 9.17) is 25.4 Å². The van der Waals surface area contributed by atoms with Gasteiger partial charge in [0.1, 0.15) is 24.1 Å². The van der Waals surface area contributed by atoms with E-state index in [1.54, 1.807) is 54.6 Å². The molecule has 2 atom stereocenters. The van der Waals surface area contributed by atoms with Crippen LogP contribution in [0, 0.1) is 0 Å². The van der Waals surface area contributed by atoms with Gasteiger partial charge in [0, 0.05) is 5.02 Å². The zero-order valence-electron chi connectivity index (χ0n) is 16.2. The predicted octanol–water partition coefficient (Wildman–Crippen LogP) is 5.63. The van der Waals surface area contributed by atoms with Gasteiger partial charge < -0.3 is 13.8 Å². The van der Waals surface area contributed by atoms with Gasteiger partial charge in [-0.25, -0.2) is 4.57 Å². The molecule has 3 rings (SSSR count). The average molecular weight is 446 g/mol. The second-order valence-electron chi connectivity index (χ2n) is 6.39. The normalized spacial score (nSPS) is 13.7. The highest BCUT2D eigenvalue weighted by molar-refractivity contribution is 7.52. The molecule has 0 saturated carbocycles. The Balaban J connectivity index is 1.71. The molecule has 8 heteroatoms. The zero-order valence-corrected chi connectivity index (χ0v) is 17.9. The first-order valence-corrected chi connectivity index (χ1v) is 11.1. The maximum atomic E-state index is 13.4. The largest absolute Gasteiger partial charge is 0.513 e. The van der Waals surface area contributed by atoms with Crippen LogP contribution in [0.3, 0.4) is 0 Å². The molecule has 0 aliphatic heterocycles. The van der Waals surface area contributed by atoms with Gasteiger partial charge in [-0.2, -0.15) is 5.09 Å². The fraction of sp³-hybridized carbons (Fsp3) is 0.136. The van der Waals surface area contributed by atoms with Crippen LogP contribution in [-0.4, -0.2) is 12.0 Å². The van der Waals surface area contributed by atoms with E-state index in [1.165, 1.54) is 6.92 Å². The van der Waals surface area contributed by atoms with Gasteiger partial charge in [0.25, 0.3) is 0 Å². The van der Waals surface area contributed by atoms with E-state index in [-0.39, 0.29) is 12.4 Å². The van der Waals surface area contributed by atoms with E-state index in [9.17, 15) is 9.36 Å². The molecule has 0 aliphatic carbocycles. The molecule has 0 aromatic heterocycles. The summed E-state index contributed by atoms with van der Waals surface area (Å²) in [5.74, 6) is 0.0126. The number of carbonyl (C=O) groups is 1. The number of rotatable bonds is 9. The molecule has 0 heterocycles. The van der Waals surface area contributed by atoms with Gasteiger partial charge in [-0.3, -0.25) is 4.79 Å². The molecule has 156 valence electrons. The van der Waals surface area contributed by atoms with E-state index >= 15 is 0 Å². The third kappa shape index (κ3) is 6.63. The lowest BCUT2D eigenvalue weighted by molar-refractivity contribution is -0.146. The fourth-order valence-electron chi connectivity index (χ4n) is 2.47. The molecule has 0 saturated heterocycles. The van der Waals surface area contributed by atoms with Gasteiger partial charge in [-0.1, -0.05) is 60.1 Å². The second kappa shape index (κ2) is 10.3. The molecule has 0 fully saturated rings. The quantitative estimate of drug-likeness (QED) is 0.340. The highest BCUT2D eigenvalue weighted by Gasteiger charge is 2.33. The van der Waals surface area contributed by atoms with Crippen LogP contribution in [-0.2, 0) is 20.7 Å². The van der Waals surface area contributed by atoms with Crippen molar-refractivity contribution < 1.29 is 23.1 Å². The smallest absolute Gasteiger partial charge is 0.460 e. The van der Waals surface area contributed by atoms with Crippen molar-refractivity contribution in [3.63, 3.8) is 0 Å². The van der Waals surface area contributed by atoms with Crippen molar-refractivity contribution >= 4 is 25.3 Å². The molecule has 6 nitrogen and oxygen atoms in total. The number of para-hydroxylation sites is 1. The number of esters is 1. The molecule has 0 amide bonds. The summed E-state index contributed by atoms with van der Waals surface area (Å²) >= 11 is 5.89. The standard InChI is InChI=1S/C22H21ClNO5P/c1-17(22(25)27-16-18-8-4-2-5-9-18)24-30(26,28-20-10-6-3-7-11-20)29-21-14-12-19(23)13-15-21/h2-15,17H,16H2,1H3,(H,24,26)/t17-,30?/m0/s1. The van der Waals surface area contributed by atoms with Crippen LogP contribution < -0.4 is 14.1 Å². The molecule has 0 spiro atoms. The predicted molar refractivity (Wildman–Crippen MR) is 116 cm³/mol. The number of ether oxygens (including phenoxy) is 1. The lowest BCUT2D eigenvalue weighted by Crippen LogP contribution is -2.35. The number of hydrogen-bond acceptors (Lipinski definition) is 5. The molecule has 0 aliphatic rings. The van der Waals surface area contributed by atoms with Crippen LogP contribution in [0.2, 0.25) is 5.02 Å². The van der Waals surface area contributed by atoms with Crippen molar-refractivity contribution in [3.05, 3.63) is 95.5 Å². The molecular formula is C22H21ClNO5P. The van der Waals surface area contributed by atoms with E-state index in [1.807, 2.05) is 30.3 Å². The molecule has 1 unspecified atom stereocenters. The topological polar surface area (TPSA) is 73.9 Å². The highest BCUT2D eigenvalue weighted by Crippen LogP contribution is 2.45. The summed E-state index contributed by atoms with van der Waals surface area (Å²) in [4.78, 5) is 12.4. The minimum absolute atomic E-state index is 0.105. The summed E-state index contributed by atoms with van der Waals surface area (Å²) in [7, 11) is -3.98. The van der Waals surface area contributed by atoms with Gasteiger partial charge >= 0.3 is 13.7 Å². The Morgan fingerprint density at radius 1 is 0.900 bits per heavy atom. The summed E-state index contributed by atoms with van der Waals surface area (Å²) < 4.78 is 29.9. The Morgan fingerprint density at radius 3 is 2.03 bits per heavy atom. The molecule has 1 N–H and O–H groups in total. The minimum Gasteiger partial charge on any atom is -0.460 e. The highest BCUT2D eigenvalue weighted by atomic mass is 35.5. The summed E-state index contributed by atoms with van der Waals surface area (Å²) in [6.07, 6.45) is 0. The van der Waals surface area contributed by atoms with Crippen LogP contribution in [0.25, 0.3) is 0 Å². The molecule has 0 radical (unpaired) electrons. The Hall–Kier alpha value is -2.79. The molecule has 3 aromatic rings. The maximum absolute atomic E-state index is 13.4. The van der Waals surface area contributed by atoms with Crippen LogP contribution in [0.15, 0.2) is 84.9 Å². The molecule has 0 bridgehead atoms. The maximum Gasteiger partial charge on any atom is 0.513 e. The molecular weight excluding hydrogens is 425 g/mol. The Bertz CT molecular complexity index is 999. The van der Waals surface area contributed by atoms with Crippen molar-refractivity contribution in [1.82, 2.24) is 5.09 Å². The summed E-state index contributed by atoms with van der Waals surface area (Å²) in [5.41, 5.74) is 0.846. The van der Waals surface area contributed by atoms with Crippen molar-refractivity contribution in [3.8, 4) is 11.5 Å². The monoisotopic (exact) mass is 445 g/mol. The zero-order chi connectivity index (χ0) is 21.4. The second-order valence-corrected chi connectivity index (χ2v) is 8.45. The summed E-state index contributed by atoms with van der Waals surface area (Å²) in [5, 5.41) is 3.15. The Kier molecular flexibility index (Phi) is 7.52. The lowest BCUT2D eigenvalue weighted by Gasteiger charge is -2.23. The van der Waals surface area contributed by atoms with Gasteiger partial charge in [0.2, 0.25) is 0 Å².